The van der Waals surface area contributed by atoms with Crippen molar-refractivity contribution < 1.29 is 9.60 Å². The largest absolute Gasteiger partial charge is 0.409 e. The number of aromatic nitrogens is 2. The van der Waals surface area contributed by atoms with E-state index in [1.54, 1.807) is 12.1 Å². The Morgan fingerprint density at radius 3 is 2.50 bits per heavy atom. The predicted octanol–water partition coefficient (Wildman–Crippen LogP) is 1.87. The Morgan fingerprint density at radius 2 is 2.00 bits per heavy atom. The first-order chi connectivity index (χ1) is 9.65. The monoisotopic (exact) mass is 275 g/mol. The summed E-state index contributed by atoms with van der Waals surface area (Å²) in [6, 6.07) is 6.10. The normalized spacial score (nSPS) is 11.4. The van der Waals surface area contributed by atoms with Crippen LogP contribution in [0.5, 0.6) is 0 Å². The van der Waals surface area contributed by atoms with E-state index in [1.807, 2.05) is 11.8 Å². The standard InChI is InChI=1S/C13H14FN5O/c1-2-19(10-5-3-9(14)4-6-10)12-8-16-11(7-17-12)13(15)18-20/h3-8,20H,2H2,1H3,(H2,15,18). The van der Waals surface area contributed by atoms with Crippen molar-refractivity contribution in [2.24, 2.45) is 10.9 Å². The lowest BCUT2D eigenvalue weighted by molar-refractivity contribution is 0.318. The van der Waals surface area contributed by atoms with Crippen LogP contribution in [0.2, 0.25) is 0 Å². The first-order valence-electron chi connectivity index (χ1n) is 5.98. The van der Waals surface area contributed by atoms with Crippen molar-refractivity contribution >= 4 is 17.3 Å². The number of benzene rings is 1. The molecular formula is C13H14FN5O. The lowest BCUT2D eigenvalue weighted by Crippen LogP contribution is -2.20. The van der Waals surface area contributed by atoms with Gasteiger partial charge in [-0.15, -0.1) is 0 Å². The fourth-order valence-corrected chi connectivity index (χ4v) is 1.74. The van der Waals surface area contributed by atoms with E-state index in [9.17, 15) is 4.39 Å². The minimum Gasteiger partial charge on any atom is -0.409 e. The van der Waals surface area contributed by atoms with Gasteiger partial charge in [-0.3, -0.25) is 0 Å². The van der Waals surface area contributed by atoms with Gasteiger partial charge in [-0.25, -0.2) is 14.4 Å². The molecule has 0 amide bonds. The van der Waals surface area contributed by atoms with Crippen LogP contribution in [-0.2, 0) is 0 Å². The second kappa shape index (κ2) is 5.96. The topological polar surface area (TPSA) is 87.6 Å². The smallest absolute Gasteiger partial charge is 0.190 e. The van der Waals surface area contributed by atoms with Crippen LogP contribution in [0.25, 0.3) is 0 Å². The SMILES string of the molecule is CCN(c1ccc(F)cc1)c1cnc(C(N)=NO)cn1. The maximum atomic E-state index is 12.9. The number of anilines is 2. The van der Waals surface area contributed by atoms with Gasteiger partial charge in [0.05, 0.1) is 12.4 Å². The summed E-state index contributed by atoms with van der Waals surface area (Å²) in [5.41, 5.74) is 6.51. The van der Waals surface area contributed by atoms with E-state index < -0.39 is 0 Å². The van der Waals surface area contributed by atoms with Crippen LogP contribution < -0.4 is 10.6 Å². The quantitative estimate of drug-likeness (QED) is 0.385. The maximum Gasteiger partial charge on any atom is 0.190 e. The molecular weight excluding hydrogens is 261 g/mol. The first kappa shape index (κ1) is 13.7. The average molecular weight is 275 g/mol. The molecule has 0 saturated heterocycles. The molecule has 0 spiro atoms. The van der Waals surface area contributed by atoms with Gasteiger partial charge in [-0.1, -0.05) is 5.16 Å². The number of oxime groups is 1. The molecule has 0 unspecified atom stereocenters. The minimum atomic E-state index is -0.293. The van der Waals surface area contributed by atoms with Gasteiger partial charge in [0, 0.05) is 12.2 Å². The Balaban J connectivity index is 2.30. The number of nitrogens with two attached hydrogens (primary N) is 1. The van der Waals surface area contributed by atoms with Crippen LogP contribution in [0.3, 0.4) is 0 Å². The van der Waals surface area contributed by atoms with Crippen molar-refractivity contribution in [3.8, 4) is 0 Å². The number of hydrogen-bond acceptors (Lipinski definition) is 5. The van der Waals surface area contributed by atoms with E-state index in [-0.39, 0.29) is 17.3 Å². The van der Waals surface area contributed by atoms with E-state index >= 15 is 0 Å². The summed E-state index contributed by atoms with van der Waals surface area (Å²) in [6.07, 6.45) is 2.93. The van der Waals surface area contributed by atoms with Crippen molar-refractivity contribution in [3.05, 3.63) is 48.2 Å². The van der Waals surface area contributed by atoms with E-state index in [0.717, 1.165) is 5.69 Å². The lowest BCUT2D eigenvalue weighted by Gasteiger charge is -2.21. The first-order valence-corrected chi connectivity index (χ1v) is 5.98. The van der Waals surface area contributed by atoms with Gasteiger partial charge in [-0.05, 0) is 31.2 Å². The summed E-state index contributed by atoms with van der Waals surface area (Å²) in [5, 5.41) is 11.4. The zero-order valence-electron chi connectivity index (χ0n) is 10.9. The second-order valence-electron chi connectivity index (χ2n) is 3.97. The van der Waals surface area contributed by atoms with Gasteiger partial charge in [0.25, 0.3) is 0 Å². The van der Waals surface area contributed by atoms with Crippen LogP contribution in [0, 0.1) is 5.82 Å². The number of amidine groups is 1. The highest BCUT2D eigenvalue weighted by molar-refractivity contribution is 5.94. The van der Waals surface area contributed by atoms with Crippen molar-refractivity contribution in [1.82, 2.24) is 9.97 Å². The molecule has 104 valence electrons. The molecule has 6 nitrogen and oxygen atoms in total. The number of rotatable bonds is 4. The Bertz CT molecular complexity index is 597. The molecule has 1 aromatic heterocycles. The van der Waals surface area contributed by atoms with Crippen LogP contribution in [0.15, 0.2) is 41.8 Å². The lowest BCUT2D eigenvalue weighted by atomic mass is 10.3. The Labute approximate surface area is 115 Å². The summed E-state index contributed by atoms with van der Waals surface area (Å²) in [4.78, 5) is 10.1. The molecule has 0 aliphatic rings. The van der Waals surface area contributed by atoms with Crippen molar-refractivity contribution in [2.75, 3.05) is 11.4 Å². The molecule has 0 saturated carbocycles. The Hall–Kier alpha value is -2.70. The summed E-state index contributed by atoms with van der Waals surface area (Å²) < 4.78 is 12.9. The molecule has 2 aromatic rings. The highest BCUT2D eigenvalue weighted by Crippen LogP contribution is 2.22. The highest BCUT2D eigenvalue weighted by Gasteiger charge is 2.10. The van der Waals surface area contributed by atoms with Gasteiger partial charge >= 0.3 is 0 Å². The molecule has 7 heteroatoms. The van der Waals surface area contributed by atoms with Crippen LogP contribution in [-0.4, -0.2) is 27.6 Å². The minimum absolute atomic E-state index is 0.103. The molecule has 20 heavy (non-hydrogen) atoms. The molecule has 3 N–H and O–H groups in total. The third-order valence-corrected chi connectivity index (χ3v) is 2.74. The average Bonchev–Trinajstić information content (AvgIpc) is 2.50. The van der Waals surface area contributed by atoms with Gasteiger partial charge in [0.1, 0.15) is 11.5 Å². The van der Waals surface area contributed by atoms with E-state index in [0.29, 0.717) is 12.4 Å². The van der Waals surface area contributed by atoms with E-state index in [4.69, 9.17) is 10.9 Å². The predicted molar refractivity (Wildman–Crippen MR) is 73.6 cm³/mol. The highest BCUT2D eigenvalue weighted by atomic mass is 19.1. The van der Waals surface area contributed by atoms with Gasteiger partial charge < -0.3 is 15.8 Å². The zero-order valence-corrected chi connectivity index (χ0v) is 10.9. The Morgan fingerprint density at radius 1 is 1.30 bits per heavy atom. The van der Waals surface area contributed by atoms with E-state index in [2.05, 4.69) is 15.1 Å². The summed E-state index contributed by atoms with van der Waals surface area (Å²) >= 11 is 0. The van der Waals surface area contributed by atoms with Crippen LogP contribution in [0.1, 0.15) is 12.6 Å². The van der Waals surface area contributed by atoms with Gasteiger partial charge in [0.15, 0.2) is 11.7 Å². The fourth-order valence-electron chi connectivity index (χ4n) is 1.74. The van der Waals surface area contributed by atoms with Crippen LogP contribution in [0.4, 0.5) is 15.9 Å². The van der Waals surface area contributed by atoms with Crippen LogP contribution >= 0.6 is 0 Å². The van der Waals surface area contributed by atoms with Crippen molar-refractivity contribution in [1.29, 1.82) is 0 Å². The fraction of sp³-hybridized carbons (Fsp3) is 0.154. The summed E-state index contributed by atoms with van der Waals surface area (Å²) in [5.74, 6) is 0.195. The third-order valence-electron chi connectivity index (χ3n) is 2.74. The van der Waals surface area contributed by atoms with E-state index in [1.165, 1.54) is 24.5 Å². The molecule has 2 rings (SSSR count). The molecule has 0 radical (unpaired) electrons. The molecule has 1 heterocycles. The van der Waals surface area contributed by atoms with Crippen molar-refractivity contribution in [2.45, 2.75) is 6.92 Å². The molecule has 0 aliphatic carbocycles. The molecule has 0 atom stereocenters. The second-order valence-corrected chi connectivity index (χ2v) is 3.97. The van der Waals surface area contributed by atoms with Gasteiger partial charge in [-0.2, -0.15) is 0 Å². The number of halogens is 1. The Kier molecular flexibility index (Phi) is 4.09. The van der Waals surface area contributed by atoms with Crippen molar-refractivity contribution in [3.63, 3.8) is 0 Å². The number of nitrogens with zero attached hydrogens (tertiary/aromatic N) is 4. The van der Waals surface area contributed by atoms with Gasteiger partial charge in [0.2, 0.25) is 0 Å². The summed E-state index contributed by atoms with van der Waals surface area (Å²) in [6.45, 7) is 2.59. The molecule has 0 aliphatic heterocycles. The number of hydrogen-bond donors (Lipinski definition) is 2. The molecule has 0 fully saturated rings. The zero-order chi connectivity index (χ0) is 14.5. The molecule has 1 aromatic carbocycles. The molecule has 0 bridgehead atoms. The summed E-state index contributed by atoms with van der Waals surface area (Å²) in [7, 11) is 0. The third kappa shape index (κ3) is 2.82. The maximum absolute atomic E-state index is 12.9.